The third kappa shape index (κ3) is 11.2. The Kier molecular flexibility index (Phi) is 12.6. The summed E-state index contributed by atoms with van der Waals surface area (Å²) in [5.41, 5.74) is 12.2. The quantitative estimate of drug-likeness (QED) is 0.633. The first-order valence-corrected chi connectivity index (χ1v) is 5.85. The summed E-state index contributed by atoms with van der Waals surface area (Å²) in [5.74, 6) is 0. The monoisotopic (exact) mass is 200 g/mol. The normalized spacial score (nSPS) is 7.38. The maximum absolute atomic E-state index is 5.37. The minimum absolute atomic E-state index is 0.749. The van der Waals surface area contributed by atoms with E-state index < -0.39 is 0 Å². The van der Waals surface area contributed by atoms with Crippen molar-refractivity contribution in [2.24, 2.45) is 0 Å². The van der Waals surface area contributed by atoms with E-state index in [0.717, 1.165) is 11.4 Å². The van der Waals surface area contributed by atoms with Gasteiger partial charge in [-0.15, -0.1) is 0 Å². The lowest BCUT2D eigenvalue weighted by atomic mass is 10.3. The summed E-state index contributed by atoms with van der Waals surface area (Å²) < 4.78 is 0. The lowest BCUT2D eigenvalue weighted by Crippen LogP contribution is -1.86. The number of benzene rings is 1. The molecule has 0 amide bonds. The van der Waals surface area contributed by atoms with E-state index >= 15 is 0 Å². The molecule has 0 saturated carbocycles. The van der Waals surface area contributed by atoms with Gasteiger partial charge in [0.2, 0.25) is 0 Å². The molecular weight excluding hydrogens is 180 g/mol. The fraction of sp³-hybridized carbons (Fsp3) is 0.400. The molecule has 0 saturated heterocycles. The molecule has 76 valence electrons. The van der Waals surface area contributed by atoms with Gasteiger partial charge in [0, 0.05) is 11.4 Å². The van der Waals surface area contributed by atoms with Crippen LogP contribution in [0, 0.1) is 0 Å². The van der Waals surface area contributed by atoms with Crippen molar-refractivity contribution in [2.75, 3.05) is 24.0 Å². The molecule has 0 spiro atoms. The molecule has 3 heteroatoms. The number of anilines is 2. The predicted molar refractivity (Wildman–Crippen MR) is 66.1 cm³/mol. The zero-order chi connectivity index (χ0) is 10.7. The van der Waals surface area contributed by atoms with E-state index in [1.165, 1.54) is 0 Å². The minimum Gasteiger partial charge on any atom is -0.399 e. The molecule has 1 aromatic rings. The first kappa shape index (κ1) is 14.7. The highest BCUT2D eigenvalue weighted by atomic mass is 32.2. The molecule has 4 N–H and O–H groups in total. The van der Waals surface area contributed by atoms with Gasteiger partial charge < -0.3 is 11.5 Å². The van der Waals surface area contributed by atoms with Crippen molar-refractivity contribution in [1.82, 2.24) is 0 Å². The van der Waals surface area contributed by atoms with E-state index in [4.69, 9.17) is 11.5 Å². The highest BCUT2D eigenvalue weighted by Crippen LogP contribution is 2.04. The summed E-state index contributed by atoms with van der Waals surface area (Å²) >= 11 is 1.75. The Bertz CT molecular complexity index is 164. The van der Waals surface area contributed by atoms with Crippen LogP contribution in [0.1, 0.15) is 13.8 Å². The lowest BCUT2D eigenvalue weighted by Gasteiger charge is -1.90. The molecule has 0 radical (unpaired) electrons. The van der Waals surface area contributed by atoms with E-state index in [1.54, 1.807) is 36.0 Å². The first-order valence-electron chi connectivity index (χ1n) is 4.22. The molecule has 0 bridgehead atoms. The molecule has 13 heavy (non-hydrogen) atoms. The summed E-state index contributed by atoms with van der Waals surface area (Å²) in [6.07, 6.45) is 4.08. The van der Waals surface area contributed by atoms with Crippen molar-refractivity contribution < 1.29 is 0 Å². The van der Waals surface area contributed by atoms with E-state index in [-0.39, 0.29) is 0 Å². The summed E-state index contributed by atoms with van der Waals surface area (Å²) in [6, 6.07) is 7.09. The first-order chi connectivity index (χ1) is 6.20. The van der Waals surface area contributed by atoms with Gasteiger partial charge in [0.15, 0.2) is 0 Å². The van der Waals surface area contributed by atoms with Gasteiger partial charge in [0.1, 0.15) is 0 Å². The molecule has 0 atom stereocenters. The Labute approximate surface area is 85.7 Å². The number of hydrogen-bond acceptors (Lipinski definition) is 3. The topological polar surface area (TPSA) is 52.0 Å². The van der Waals surface area contributed by atoms with Crippen molar-refractivity contribution in [1.29, 1.82) is 0 Å². The molecule has 0 aliphatic heterocycles. The smallest absolute Gasteiger partial charge is 0.0315 e. The van der Waals surface area contributed by atoms with Crippen LogP contribution < -0.4 is 11.5 Å². The second-order valence-electron chi connectivity index (χ2n) is 2.07. The molecule has 0 fully saturated rings. The third-order valence-electron chi connectivity index (χ3n) is 0.936. The molecule has 0 aliphatic rings. The maximum atomic E-state index is 5.37. The van der Waals surface area contributed by atoms with Gasteiger partial charge >= 0.3 is 0 Å². The van der Waals surface area contributed by atoms with Gasteiger partial charge in [-0.25, -0.2) is 0 Å². The van der Waals surface area contributed by atoms with Crippen LogP contribution in [-0.4, -0.2) is 12.5 Å². The van der Waals surface area contributed by atoms with E-state index in [1.807, 2.05) is 26.4 Å². The van der Waals surface area contributed by atoms with E-state index in [9.17, 15) is 0 Å². The summed E-state index contributed by atoms with van der Waals surface area (Å²) in [6.45, 7) is 4.00. The summed E-state index contributed by atoms with van der Waals surface area (Å²) in [5, 5.41) is 0. The highest BCUT2D eigenvalue weighted by Gasteiger charge is 1.80. The second-order valence-corrected chi connectivity index (χ2v) is 2.89. The Morgan fingerprint density at radius 2 is 1.00 bits per heavy atom. The van der Waals surface area contributed by atoms with Gasteiger partial charge in [-0.05, 0) is 36.8 Å². The van der Waals surface area contributed by atoms with Crippen molar-refractivity contribution in [3.63, 3.8) is 0 Å². The number of nitrogen functional groups attached to an aromatic ring is 2. The second kappa shape index (κ2) is 11.2. The van der Waals surface area contributed by atoms with Crippen LogP contribution in [0.3, 0.4) is 0 Å². The maximum Gasteiger partial charge on any atom is 0.0315 e. The average Bonchev–Trinajstić information content (AvgIpc) is 2.15. The number of hydrogen-bond donors (Lipinski definition) is 2. The predicted octanol–water partition coefficient (Wildman–Crippen LogP) is 2.86. The van der Waals surface area contributed by atoms with Gasteiger partial charge in [-0.3, -0.25) is 0 Å². The highest BCUT2D eigenvalue weighted by molar-refractivity contribution is 7.97. The fourth-order valence-corrected chi connectivity index (χ4v) is 0.496. The van der Waals surface area contributed by atoms with Crippen molar-refractivity contribution in [2.45, 2.75) is 13.8 Å². The molecule has 0 unspecified atom stereocenters. The molecule has 1 aromatic carbocycles. The summed E-state index contributed by atoms with van der Waals surface area (Å²) in [7, 11) is 0. The van der Waals surface area contributed by atoms with Crippen molar-refractivity contribution in [3.8, 4) is 0 Å². The lowest BCUT2D eigenvalue weighted by molar-refractivity contribution is 1.50. The van der Waals surface area contributed by atoms with Crippen LogP contribution in [0.25, 0.3) is 0 Å². The Morgan fingerprint density at radius 3 is 1.15 bits per heavy atom. The van der Waals surface area contributed by atoms with E-state index in [0.29, 0.717) is 0 Å². The van der Waals surface area contributed by atoms with Crippen LogP contribution in [0.5, 0.6) is 0 Å². The molecule has 1 rings (SSSR count). The summed E-state index contributed by atoms with van der Waals surface area (Å²) in [4.78, 5) is 0. The zero-order valence-electron chi connectivity index (χ0n) is 8.87. The van der Waals surface area contributed by atoms with Gasteiger partial charge in [-0.1, -0.05) is 13.8 Å². The van der Waals surface area contributed by atoms with E-state index in [2.05, 4.69) is 0 Å². The molecule has 0 aliphatic carbocycles. The van der Waals surface area contributed by atoms with Crippen LogP contribution in [0.15, 0.2) is 24.3 Å². The minimum atomic E-state index is 0.749. The Morgan fingerprint density at radius 1 is 0.846 bits per heavy atom. The standard InChI is InChI=1S/C6H8N2.C2H6S.C2H6/c7-5-1-2-6(8)4-3-5;1-3-2;1-2/h1-4H,7-8H2;1-2H3;1-2H3. The van der Waals surface area contributed by atoms with Crippen molar-refractivity contribution in [3.05, 3.63) is 24.3 Å². The molecular formula is C10H20N2S. The van der Waals surface area contributed by atoms with Crippen molar-refractivity contribution >= 4 is 23.1 Å². The molecule has 0 heterocycles. The third-order valence-corrected chi connectivity index (χ3v) is 0.936. The molecule has 0 aromatic heterocycles. The fourth-order valence-electron chi connectivity index (χ4n) is 0.496. The number of rotatable bonds is 0. The Balaban J connectivity index is 0. The average molecular weight is 200 g/mol. The largest absolute Gasteiger partial charge is 0.399 e. The van der Waals surface area contributed by atoms with Crippen LogP contribution >= 0.6 is 11.8 Å². The number of thioether (sulfide) groups is 1. The van der Waals surface area contributed by atoms with Crippen LogP contribution in [0.4, 0.5) is 11.4 Å². The van der Waals surface area contributed by atoms with Gasteiger partial charge in [0.05, 0.1) is 0 Å². The Hall–Kier alpha value is -0.830. The number of nitrogens with two attached hydrogens (primary N) is 2. The molecule has 2 nitrogen and oxygen atoms in total. The van der Waals surface area contributed by atoms with Crippen LogP contribution in [-0.2, 0) is 0 Å². The van der Waals surface area contributed by atoms with Gasteiger partial charge in [-0.2, -0.15) is 11.8 Å². The SMILES string of the molecule is CC.CSC.Nc1ccc(N)cc1. The van der Waals surface area contributed by atoms with Gasteiger partial charge in [0.25, 0.3) is 0 Å². The zero-order valence-corrected chi connectivity index (χ0v) is 9.69. The van der Waals surface area contributed by atoms with Crippen LogP contribution in [0.2, 0.25) is 0 Å².